The summed E-state index contributed by atoms with van der Waals surface area (Å²) in [5.41, 5.74) is 1.34. The highest BCUT2D eigenvalue weighted by Gasteiger charge is 1.90. The van der Waals surface area contributed by atoms with Crippen LogP contribution in [0.25, 0.3) is 0 Å². The van der Waals surface area contributed by atoms with Crippen LogP contribution in [0.2, 0.25) is 0 Å². The van der Waals surface area contributed by atoms with Crippen molar-refractivity contribution in [2.45, 2.75) is 51.9 Å². The van der Waals surface area contributed by atoms with Crippen molar-refractivity contribution in [3.63, 3.8) is 0 Å². The molecule has 1 aromatic carbocycles. The van der Waals surface area contributed by atoms with Gasteiger partial charge in [0.2, 0.25) is 0 Å². The van der Waals surface area contributed by atoms with Crippen molar-refractivity contribution in [2.75, 3.05) is 5.75 Å². The van der Waals surface area contributed by atoms with Crippen molar-refractivity contribution in [2.24, 2.45) is 0 Å². The average molecular weight is 292 g/mol. The lowest BCUT2D eigenvalue weighted by molar-refractivity contribution is 0.573. The molecule has 0 saturated carbocycles. The summed E-state index contributed by atoms with van der Waals surface area (Å²) in [5, 5.41) is 10.3. The van der Waals surface area contributed by atoms with E-state index in [2.05, 4.69) is 37.3 Å². The van der Waals surface area contributed by atoms with Crippen LogP contribution >= 0.6 is 11.4 Å². The highest BCUT2D eigenvalue weighted by atomic mass is 32.1. The Labute approximate surface area is 127 Å². The number of unbranched alkanes of at least 4 members (excludes halogenated alkanes) is 5. The van der Waals surface area contributed by atoms with Crippen LogP contribution in [0.4, 0.5) is 0 Å². The van der Waals surface area contributed by atoms with Gasteiger partial charge in [0.25, 0.3) is 0 Å². The first-order chi connectivity index (χ1) is 9.83. The third kappa shape index (κ3) is 9.11. The Hall–Kier alpha value is -0.860. The first-order valence-electron chi connectivity index (χ1n) is 7.77. The molecule has 20 heavy (non-hydrogen) atoms. The molecule has 2 heteroatoms. The molecule has 1 nitrogen and oxygen atoms in total. The molecule has 1 aromatic rings. The van der Waals surface area contributed by atoms with Gasteiger partial charge in [-0.25, -0.2) is 0 Å². The Morgan fingerprint density at radius 3 is 2.60 bits per heavy atom. The maximum Gasteiger partial charge on any atom is 0.0924 e. The van der Waals surface area contributed by atoms with Crippen molar-refractivity contribution >= 4 is 16.4 Å². The molecular weight excluding hydrogens is 264 g/mol. The van der Waals surface area contributed by atoms with E-state index < -0.39 is 0 Å². The lowest BCUT2D eigenvalue weighted by Crippen LogP contribution is -1.91. The van der Waals surface area contributed by atoms with Crippen LogP contribution in [0.3, 0.4) is 0 Å². The molecule has 0 aliphatic rings. The lowest BCUT2D eigenvalue weighted by atomic mass is 10.1. The monoisotopic (exact) mass is 292 g/mol. The lowest BCUT2D eigenvalue weighted by Gasteiger charge is -1.98. The smallest absolute Gasteiger partial charge is 0.0924 e. The highest BCUT2D eigenvalue weighted by Crippen LogP contribution is 2.06. The highest BCUT2D eigenvalue weighted by molar-refractivity contribution is 7.98. The summed E-state index contributed by atoms with van der Waals surface area (Å²) in [6.45, 7) is 2.24. The van der Waals surface area contributed by atoms with E-state index in [0.29, 0.717) is 5.05 Å². The van der Waals surface area contributed by atoms with Crippen molar-refractivity contribution in [1.29, 1.82) is 0 Å². The zero-order chi connectivity index (χ0) is 14.5. The summed E-state index contributed by atoms with van der Waals surface area (Å²) < 4.78 is 0. The molecular formula is C18H28OS. The van der Waals surface area contributed by atoms with Crippen molar-refractivity contribution in [3.05, 3.63) is 48.0 Å². The number of rotatable bonds is 10. The minimum atomic E-state index is 0.495. The second-order valence-corrected chi connectivity index (χ2v) is 6.30. The SMILES string of the molecule is CCCCCCC/C=C/C(O)=[SH]\CCc1ccccc1. The first-order valence-corrected chi connectivity index (χ1v) is 8.84. The topological polar surface area (TPSA) is 20.2 Å². The molecule has 0 aliphatic heterocycles. The predicted octanol–water partition coefficient (Wildman–Crippen LogP) is 5.30. The van der Waals surface area contributed by atoms with Crippen molar-refractivity contribution in [3.8, 4) is 0 Å². The van der Waals surface area contributed by atoms with E-state index in [1.165, 1.54) is 37.7 Å². The summed E-state index contributed by atoms with van der Waals surface area (Å²) in [6.07, 6.45) is 12.6. The van der Waals surface area contributed by atoms with E-state index in [-0.39, 0.29) is 0 Å². The molecule has 0 spiro atoms. The van der Waals surface area contributed by atoms with Crippen molar-refractivity contribution < 1.29 is 5.11 Å². The minimum Gasteiger partial charge on any atom is -0.356 e. The van der Waals surface area contributed by atoms with Gasteiger partial charge in [0.1, 0.15) is 0 Å². The van der Waals surface area contributed by atoms with E-state index in [1.54, 1.807) is 0 Å². The van der Waals surface area contributed by atoms with Gasteiger partial charge in [-0.3, -0.25) is 0 Å². The van der Waals surface area contributed by atoms with E-state index in [0.717, 1.165) is 29.9 Å². The average Bonchev–Trinajstić information content (AvgIpc) is 2.47. The molecule has 0 fully saturated rings. The summed E-state index contributed by atoms with van der Waals surface area (Å²) in [5.74, 6) is 0.983. The Bertz CT molecular complexity index is 395. The molecule has 0 aliphatic carbocycles. The number of allylic oxidation sites excluding steroid dienone is 1. The normalized spacial score (nSPS) is 12.6. The molecule has 0 bridgehead atoms. The van der Waals surface area contributed by atoms with Gasteiger partial charge in [0.15, 0.2) is 0 Å². The Kier molecular flexibility index (Phi) is 10.3. The molecule has 112 valence electrons. The fourth-order valence-corrected chi connectivity index (χ4v) is 2.86. The molecule has 0 heterocycles. The molecule has 0 saturated heterocycles. The second kappa shape index (κ2) is 11.9. The number of benzene rings is 1. The number of aliphatic hydroxyl groups excluding tert-OH is 1. The molecule has 0 aromatic heterocycles. The van der Waals surface area contributed by atoms with Gasteiger partial charge in [0.05, 0.1) is 5.05 Å². The van der Waals surface area contributed by atoms with Crippen LogP contribution in [-0.4, -0.2) is 15.9 Å². The maximum atomic E-state index is 9.79. The van der Waals surface area contributed by atoms with Gasteiger partial charge < -0.3 is 5.11 Å². The summed E-state index contributed by atoms with van der Waals surface area (Å²) in [4.78, 5) is 0. The standard InChI is InChI=1S/C18H28OS/c1-2-3-4-5-6-7-11-14-18(19)20-16-15-17-12-9-8-10-13-17/h8-14,19-20H,2-7,15-16H2,1H3/b14-11+. The van der Waals surface area contributed by atoms with Gasteiger partial charge in [-0.15, -0.1) is 0 Å². The van der Waals surface area contributed by atoms with Gasteiger partial charge in [-0.1, -0.05) is 69.0 Å². The van der Waals surface area contributed by atoms with E-state index in [1.807, 2.05) is 12.1 Å². The number of aryl methyl sites for hydroxylation is 1. The largest absolute Gasteiger partial charge is 0.356 e. The maximum absolute atomic E-state index is 9.79. The molecule has 0 atom stereocenters. The van der Waals surface area contributed by atoms with Crippen LogP contribution < -0.4 is 0 Å². The van der Waals surface area contributed by atoms with E-state index in [4.69, 9.17) is 0 Å². The molecule has 1 N–H and O–H groups in total. The van der Waals surface area contributed by atoms with Crippen LogP contribution in [0, 0.1) is 0 Å². The third-order valence-electron chi connectivity index (χ3n) is 3.26. The van der Waals surface area contributed by atoms with Crippen LogP contribution in [0.5, 0.6) is 0 Å². The van der Waals surface area contributed by atoms with E-state index in [9.17, 15) is 5.11 Å². The fraction of sp³-hybridized carbons (Fsp3) is 0.500. The molecule has 0 amide bonds. The predicted molar refractivity (Wildman–Crippen MR) is 94.2 cm³/mol. The third-order valence-corrected chi connectivity index (χ3v) is 4.18. The summed E-state index contributed by atoms with van der Waals surface area (Å²) in [7, 11) is 0. The quantitative estimate of drug-likeness (QED) is 0.259. The summed E-state index contributed by atoms with van der Waals surface area (Å²) >= 11 is 1.03. The zero-order valence-electron chi connectivity index (χ0n) is 12.6. The zero-order valence-corrected chi connectivity index (χ0v) is 13.5. The molecule has 0 unspecified atom stereocenters. The number of aliphatic hydroxyl groups is 1. The van der Waals surface area contributed by atoms with Gasteiger partial charge in [-0.2, -0.15) is 11.4 Å². The molecule has 1 rings (SSSR count). The van der Waals surface area contributed by atoms with Gasteiger partial charge >= 0.3 is 0 Å². The van der Waals surface area contributed by atoms with E-state index >= 15 is 0 Å². The number of hydrogen-bond donors (Lipinski definition) is 2. The Balaban J connectivity index is 2.11. The Morgan fingerprint density at radius 1 is 1.10 bits per heavy atom. The Morgan fingerprint density at radius 2 is 1.85 bits per heavy atom. The summed E-state index contributed by atoms with van der Waals surface area (Å²) in [6, 6.07) is 10.4. The minimum absolute atomic E-state index is 0.495. The fourth-order valence-electron chi connectivity index (χ4n) is 2.05. The number of thiol groups is 1. The molecule has 0 radical (unpaired) electrons. The van der Waals surface area contributed by atoms with Gasteiger partial charge in [0, 0.05) is 0 Å². The first kappa shape index (κ1) is 17.2. The van der Waals surface area contributed by atoms with Crippen LogP contribution in [0.1, 0.15) is 51.0 Å². The van der Waals surface area contributed by atoms with Crippen LogP contribution in [0.15, 0.2) is 42.5 Å². The van der Waals surface area contributed by atoms with Crippen molar-refractivity contribution in [1.82, 2.24) is 0 Å². The second-order valence-electron chi connectivity index (χ2n) is 5.08. The number of hydrogen-bond acceptors (Lipinski definition) is 0. The van der Waals surface area contributed by atoms with Gasteiger partial charge in [-0.05, 0) is 36.7 Å². The van der Waals surface area contributed by atoms with Crippen LogP contribution in [-0.2, 0) is 6.42 Å².